The molecule has 0 radical (unpaired) electrons. The normalized spacial score (nSPS) is 27.9. The molecule has 0 spiro atoms. The van der Waals surface area contributed by atoms with Gasteiger partial charge in [-0.3, -0.25) is 0 Å². The van der Waals surface area contributed by atoms with E-state index in [-0.39, 0.29) is 5.60 Å². The molecule has 0 aromatic rings. The average Bonchev–Trinajstić information content (AvgIpc) is 2.09. The first-order chi connectivity index (χ1) is 6.51. The van der Waals surface area contributed by atoms with Crippen LogP contribution in [0.15, 0.2) is 11.1 Å². The van der Waals surface area contributed by atoms with Gasteiger partial charge in [0.1, 0.15) is 0 Å². The fraction of sp³-hybridized carbons (Fsp3) is 0.727. The van der Waals surface area contributed by atoms with E-state index in [1.54, 1.807) is 6.92 Å². The fourth-order valence-corrected chi connectivity index (χ4v) is 1.87. The van der Waals surface area contributed by atoms with E-state index < -0.39 is 5.97 Å². The van der Waals surface area contributed by atoms with Crippen molar-refractivity contribution in [3.63, 3.8) is 0 Å². The molecule has 0 amide bonds. The maximum atomic E-state index is 10.9. The molecule has 1 aliphatic heterocycles. The van der Waals surface area contributed by atoms with Gasteiger partial charge in [-0.15, -0.1) is 0 Å². The monoisotopic (exact) mass is 198 g/mol. The lowest BCUT2D eigenvalue weighted by atomic mass is 9.83. The van der Waals surface area contributed by atoms with E-state index in [1.165, 1.54) is 0 Å². The van der Waals surface area contributed by atoms with Crippen LogP contribution in [0.3, 0.4) is 0 Å². The zero-order chi connectivity index (χ0) is 10.8. The maximum Gasteiger partial charge on any atom is 0.331 e. The number of carboxylic acids is 1. The zero-order valence-corrected chi connectivity index (χ0v) is 9.09. The molecule has 0 saturated carbocycles. The molecule has 0 aliphatic carbocycles. The van der Waals surface area contributed by atoms with Crippen LogP contribution in [0.5, 0.6) is 0 Å². The minimum atomic E-state index is -0.829. The lowest BCUT2D eigenvalue weighted by Gasteiger charge is -2.41. The van der Waals surface area contributed by atoms with E-state index in [0.717, 1.165) is 31.4 Å². The van der Waals surface area contributed by atoms with Crippen molar-refractivity contribution in [2.45, 2.75) is 45.6 Å². The zero-order valence-electron chi connectivity index (χ0n) is 9.09. The first-order valence-corrected chi connectivity index (χ1v) is 5.08. The SMILES string of the molecule is CCCC(=C(C)C(=O)O)C1(C)CCO1. The fourth-order valence-electron chi connectivity index (χ4n) is 1.87. The number of carbonyl (C=O) groups is 1. The Morgan fingerprint density at radius 3 is 2.43 bits per heavy atom. The van der Waals surface area contributed by atoms with Crippen molar-refractivity contribution in [1.82, 2.24) is 0 Å². The van der Waals surface area contributed by atoms with E-state index in [4.69, 9.17) is 9.84 Å². The molecule has 3 nitrogen and oxygen atoms in total. The Bertz CT molecular complexity index is 262. The molecule has 0 aromatic carbocycles. The Balaban J connectivity index is 2.93. The summed E-state index contributed by atoms with van der Waals surface area (Å²) in [5.41, 5.74) is 1.10. The topological polar surface area (TPSA) is 46.5 Å². The van der Waals surface area contributed by atoms with Gasteiger partial charge in [-0.05, 0) is 25.8 Å². The summed E-state index contributed by atoms with van der Waals surface area (Å²) in [7, 11) is 0. The maximum absolute atomic E-state index is 10.9. The standard InChI is InChI=1S/C11H18O3/c1-4-5-9(8(2)10(12)13)11(3)6-7-14-11/h4-7H2,1-3H3,(H,12,13). The van der Waals surface area contributed by atoms with E-state index in [0.29, 0.717) is 5.57 Å². The van der Waals surface area contributed by atoms with Crippen LogP contribution in [0.4, 0.5) is 0 Å². The van der Waals surface area contributed by atoms with Crippen LogP contribution in [0.1, 0.15) is 40.0 Å². The molecule has 80 valence electrons. The van der Waals surface area contributed by atoms with Crippen LogP contribution in [0.2, 0.25) is 0 Å². The molecule has 3 heteroatoms. The second-order valence-corrected chi connectivity index (χ2v) is 3.99. The Morgan fingerprint density at radius 2 is 2.14 bits per heavy atom. The average molecular weight is 198 g/mol. The highest BCUT2D eigenvalue weighted by Gasteiger charge is 2.38. The van der Waals surface area contributed by atoms with Crippen molar-refractivity contribution in [2.24, 2.45) is 0 Å². The molecule has 1 rings (SSSR count). The molecule has 0 aromatic heterocycles. The smallest absolute Gasteiger partial charge is 0.331 e. The molecule has 1 heterocycles. The number of rotatable bonds is 4. The van der Waals surface area contributed by atoms with Gasteiger partial charge in [0.2, 0.25) is 0 Å². The van der Waals surface area contributed by atoms with Gasteiger partial charge < -0.3 is 9.84 Å². The predicted molar refractivity (Wildman–Crippen MR) is 54.2 cm³/mol. The third-order valence-electron chi connectivity index (χ3n) is 2.91. The minimum absolute atomic E-state index is 0.307. The van der Waals surface area contributed by atoms with E-state index >= 15 is 0 Å². The molecule has 0 bridgehead atoms. The van der Waals surface area contributed by atoms with Gasteiger partial charge in [0.05, 0.1) is 12.2 Å². The number of aliphatic carboxylic acids is 1. The summed E-state index contributed by atoms with van der Waals surface area (Å²) in [6.07, 6.45) is 2.71. The van der Waals surface area contributed by atoms with Gasteiger partial charge >= 0.3 is 5.97 Å². The Hall–Kier alpha value is -0.830. The molecule has 1 unspecified atom stereocenters. The van der Waals surface area contributed by atoms with E-state index in [2.05, 4.69) is 6.92 Å². The number of hydrogen-bond acceptors (Lipinski definition) is 2. The summed E-state index contributed by atoms with van der Waals surface area (Å²) in [5.74, 6) is -0.829. The predicted octanol–water partition coefficient (Wildman–Crippen LogP) is 2.37. The van der Waals surface area contributed by atoms with Crippen molar-refractivity contribution in [1.29, 1.82) is 0 Å². The summed E-state index contributed by atoms with van der Waals surface area (Å²) in [4.78, 5) is 10.9. The largest absolute Gasteiger partial charge is 0.478 e. The van der Waals surface area contributed by atoms with Crippen LogP contribution in [0, 0.1) is 0 Å². The van der Waals surface area contributed by atoms with Gasteiger partial charge in [0.25, 0.3) is 0 Å². The molecule has 14 heavy (non-hydrogen) atoms. The van der Waals surface area contributed by atoms with Gasteiger partial charge in [0, 0.05) is 12.0 Å². The molecular weight excluding hydrogens is 180 g/mol. The first-order valence-electron chi connectivity index (χ1n) is 5.08. The van der Waals surface area contributed by atoms with Gasteiger partial charge in [-0.2, -0.15) is 0 Å². The van der Waals surface area contributed by atoms with Crippen molar-refractivity contribution >= 4 is 5.97 Å². The van der Waals surface area contributed by atoms with Crippen LogP contribution in [0.25, 0.3) is 0 Å². The summed E-state index contributed by atoms with van der Waals surface area (Å²) < 4.78 is 5.48. The molecular formula is C11H18O3. The van der Waals surface area contributed by atoms with Crippen LogP contribution < -0.4 is 0 Å². The second kappa shape index (κ2) is 4.13. The summed E-state index contributed by atoms with van der Waals surface area (Å²) in [6.45, 7) is 6.45. The Kier molecular flexibility index (Phi) is 3.32. The van der Waals surface area contributed by atoms with Crippen molar-refractivity contribution in [3.05, 3.63) is 11.1 Å². The lowest BCUT2D eigenvalue weighted by molar-refractivity contribution is -0.134. The lowest BCUT2D eigenvalue weighted by Crippen LogP contribution is -2.43. The molecule has 1 atom stereocenters. The van der Waals surface area contributed by atoms with Crippen molar-refractivity contribution < 1.29 is 14.6 Å². The number of ether oxygens (including phenoxy) is 1. The van der Waals surface area contributed by atoms with Crippen LogP contribution in [-0.2, 0) is 9.53 Å². The summed E-state index contributed by atoms with van der Waals surface area (Å²) in [5, 5.41) is 8.95. The van der Waals surface area contributed by atoms with Crippen LogP contribution >= 0.6 is 0 Å². The third-order valence-corrected chi connectivity index (χ3v) is 2.91. The minimum Gasteiger partial charge on any atom is -0.478 e. The van der Waals surface area contributed by atoms with Gasteiger partial charge in [-0.25, -0.2) is 4.79 Å². The number of hydrogen-bond donors (Lipinski definition) is 1. The van der Waals surface area contributed by atoms with Gasteiger partial charge in [-0.1, -0.05) is 13.3 Å². The first kappa shape index (κ1) is 11.2. The van der Waals surface area contributed by atoms with Gasteiger partial charge in [0.15, 0.2) is 0 Å². The molecule has 1 saturated heterocycles. The number of carboxylic acid groups (broad SMARTS) is 1. The molecule has 1 fully saturated rings. The van der Waals surface area contributed by atoms with Crippen molar-refractivity contribution in [2.75, 3.05) is 6.61 Å². The quantitative estimate of drug-likeness (QED) is 0.705. The highest BCUT2D eigenvalue weighted by molar-refractivity contribution is 5.87. The van der Waals surface area contributed by atoms with Crippen molar-refractivity contribution in [3.8, 4) is 0 Å². The third kappa shape index (κ3) is 1.98. The summed E-state index contributed by atoms with van der Waals surface area (Å²) in [6, 6.07) is 0. The van der Waals surface area contributed by atoms with Crippen LogP contribution in [-0.4, -0.2) is 23.3 Å². The summed E-state index contributed by atoms with van der Waals surface area (Å²) >= 11 is 0. The molecule has 1 N–H and O–H groups in total. The van der Waals surface area contributed by atoms with E-state index in [1.807, 2.05) is 6.92 Å². The Labute approximate surface area is 84.8 Å². The second-order valence-electron chi connectivity index (χ2n) is 3.99. The Morgan fingerprint density at radius 1 is 1.57 bits per heavy atom. The molecule has 1 aliphatic rings. The van der Waals surface area contributed by atoms with E-state index in [9.17, 15) is 4.79 Å². The highest BCUT2D eigenvalue weighted by atomic mass is 16.5. The highest BCUT2D eigenvalue weighted by Crippen LogP contribution is 2.37.